The van der Waals surface area contributed by atoms with Gasteiger partial charge in [-0.05, 0) is 35.9 Å². The fraction of sp³-hybridized carbons (Fsp3) is 0.350. The van der Waals surface area contributed by atoms with Crippen LogP contribution in [0.3, 0.4) is 0 Å². The Morgan fingerprint density at radius 3 is 2.15 bits per heavy atom. The summed E-state index contributed by atoms with van der Waals surface area (Å²) in [6.45, 7) is 1.68. The zero-order chi connectivity index (χ0) is 25.1. The van der Waals surface area contributed by atoms with Gasteiger partial charge in [0.05, 0.1) is 11.3 Å². The van der Waals surface area contributed by atoms with Crippen LogP contribution in [0.2, 0.25) is 0 Å². The van der Waals surface area contributed by atoms with Gasteiger partial charge < -0.3 is 9.64 Å². The molecule has 34 heavy (non-hydrogen) atoms. The van der Waals surface area contributed by atoms with Crippen LogP contribution in [0.1, 0.15) is 21.5 Å². The van der Waals surface area contributed by atoms with E-state index in [-0.39, 0.29) is 18.7 Å². The molecule has 2 aromatic rings. The second kappa shape index (κ2) is 10.2. The van der Waals surface area contributed by atoms with Crippen LogP contribution in [-0.4, -0.2) is 57.0 Å². The number of nitrogens with one attached hydrogen (secondary N) is 1. The van der Waals surface area contributed by atoms with E-state index in [1.54, 1.807) is 0 Å². The van der Waals surface area contributed by atoms with Gasteiger partial charge in [-0.1, -0.05) is 12.1 Å². The fourth-order valence-electron chi connectivity index (χ4n) is 3.39. The Kier molecular flexibility index (Phi) is 7.73. The van der Waals surface area contributed by atoms with Crippen molar-refractivity contribution in [1.82, 2.24) is 9.80 Å². The molecule has 2 N–H and O–H groups in total. The molecule has 1 unspecified atom stereocenters. The van der Waals surface area contributed by atoms with E-state index >= 15 is 0 Å². The van der Waals surface area contributed by atoms with Crippen molar-refractivity contribution in [1.29, 1.82) is 0 Å². The van der Waals surface area contributed by atoms with Crippen molar-refractivity contribution in [2.24, 2.45) is 0 Å². The first-order valence-corrected chi connectivity index (χ1v) is 10.9. The standard InChI is InChI=1S/C20H19F6N3O4S/c21-19(22,23)15-4-1-13(2-5-15)12-28-7-9-29(10-8-28)18(30)14-3-6-16(27-34(31)32)17(11-14)33-20(24,25)26/h1-6,11,27H,7-10,12H2,(H,31,32). The van der Waals surface area contributed by atoms with Gasteiger partial charge in [0, 0.05) is 38.3 Å². The van der Waals surface area contributed by atoms with E-state index in [9.17, 15) is 35.3 Å². The Morgan fingerprint density at radius 1 is 1.00 bits per heavy atom. The molecule has 1 atom stereocenters. The van der Waals surface area contributed by atoms with Crippen LogP contribution >= 0.6 is 0 Å². The average molecular weight is 511 g/mol. The molecule has 0 aliphatic carbocycles. The van der Waals surface area contributed by atoms with Crippen LogP contribution in [0.15, 0.2) is 42.5 Å². The van der Waals surface area contributed by atoms with Crippen LogP contribution in [0.25, 0.3) is 0 Å². The normalized spacial score (nSPS) is 16.3. The molecule has 0 radical (unpaired) electrons. The Labute approximate surface area is 192 Å². The van der Waals surface area contributed by atoms with E-state index in [2.05, 4.69) is 4.74 Å². The molecule has 186 valence electrons. The maximum Gasteiger partial charge on any atom is 0.573 e. The number of anilines is 1. The number of ether oxygens (including phenoxy) is 1. The minimum Gasteiger partial charge on any atom is -0.404 e. The molecule has 0 saturated carbocycles. The molecule has 1 fully saturated rings. The smallest absolute Gasteiger partial charge is 0.404 e. The summed E-state index contributed by atoms with van der Waals surface area (Å²) in [5, 5.41) is 0. The predicted molar refractivity (Wildman–Crippen MR) is 110 cm³/mol. The van der Waals surface area contributed by atoms with Crippen molar-refractivity contribution in [3.63, 3.8) is 0 Å². The van der Waals surface area contributed by atoms with Gasteiger partial charge in [0.1, 0.15) is 0 Å². The van der Waals surface area contributed by atoms with Crippen LogP contribution < -0.4 is 9.46 Å². The lowest BCUT2D eigenvalue weighted by Gasteiger charge is -2.35. The number of hydrogen-bond acceptors (Lipinski definition) is 4. The van der Waals surface area contributed by atoms with Crippen molar-refractivity contribution in [2.45, 2.75) is 19.1 Å². The van der Waals surface area contributed by atoms with Crippen molar-refractivity contribution in [2.75, 3.05) is 30.9 Å². The highest BCUT2D eigenvalue weighted by Crippen LogP contribution is 2.32. The quantitative estimate of drug-likeness (QED) is 0.451. The molecule has 1 amide bonds. The van der Waals surface area contributed by atoms with Crippen molar-refractivity contribution < 1.29 is 44.6 Å². The Bertz CT molecular complexity index is 1040. The summed E-state index contributed by atoms with van der Waals surface area (Å²) in [6, 6.07) is 7.84. The summed E-state index contributed by atoms with van der Waals surface area (Å²) in [6.07, 6.45) is -9.50. The summed E-state index contributed by atoms with van der Waals surface area (Å²) in [5.74, 6) is -1.39. The molecule has 7 nitrogen and oxygen atoms in total. The Hall–Kier alpha value is -2.84. The molecule has 0 spiro atoms. The summed E-state index contributed by atoms with van der Waals surface area (Å²) in [4.78, 5) is 16.1. The lowest BCUT2D eigenvalue weighted by molar-refractivity contribution is -0.274. The predicted octanol–water partition coefficient (Wildman–Crippen LogP) is 4.11. The highest BCUT2D eigenvalue weighted by molar-refractivity contribution is 7.80. The number of halogens is 6. The number of nitrogens with zero attached hydrogens (tertiary/aromatic N) is 2. The van der Waals surface area contributed by atoms with Gasteiger partial charge in [0.15, 0.2) is 5.75 Å². The summed E-state index contributed by atoms with van der Waals surface area (Å²) in [7, 11) is 0. The van der Waals surface area contributed by atoms with E-state index in [0.29, 0.717) is 25.2 Å². The van der Waals surface area contributed by atoms with E-state index in [0.717, 1.165) is 24.3 Å². The summed E-state index contributed by atoms with van der Waals surface area (Å²) in [5.41, 5.74) is -0.598. The Morgan fingerprint density at radius 2 is 1.62 bits per heavy atom. The molecule has 1 saturated heterocycles. The minimum absolute atomic E-state index is 0.107. The SMILES string of the molecule is O=C(c1ccc(NS(=O)O)c(OC(F)(F)F)c1)N1CCN(Cc2ccc(C(F)(F)F)cc2)CC1. The summed E-state index contributed by atoms with van der Waals surface area (Å²) >= 11 is -2.66. The lowest BCUT2D eigenvalue weighted by atomic mass is 10.1. The fourth-order valence-corrected chi connectivity index (χ4v) is 3.75. The minimum atomic E-state index is -5.08. The average Bonchev–Trinajstić information content (AvgIpc) is 2.73. The van der Waals surface area contributed by atoms with Gasteiger partial charge in [0.25, 0.3) is 17.2 Å². The molecule has 1 heterocycles. The van der Waals surface area contributed by atoms with Gasteiger partial charge in [-0.2, -0.15) is 13.2 Å². The van der Waals surface area contributed by atoms with Gasteiger partial charge in [-0.25, -0.2) is 4.21 Å². The summed E-state index contributed by atoms with van der Waals surface area (Å²) < 4.78 is 102. The third-order valence-corrected chi connectivity index (χ3v) is 5.39. The molecule has 1 aliphatic rings. The molecule has 0 bridgehead atoms. The van der Waals surface area contributed by atoms with Crippen LogP contribution in [-0.2, 0) is 24.0 Å². The largest absolute Gasteiger partial charge is 0.573 e. The van der Waals surface area contributed by atoms with Crippen LogP contribution in [0.4, 0.5) is 32.0 Å². The topological polar surface area (TPSA) is 82.1 Å². The number of rotatable bonds is 6. The number of hydrogen-bond donors (Lipinski definition) is 2. The van der Waals surface area contributed by atoms with E-state index in [1.165, 1.54) is 23.1 Å². The second-order valence-electron chi connectivity index (χ2n) is 7.37. The maximum atomic E-state index is 12.8. The first-order chi connectivity index (χ1) is 15.8. The zero-order valence-electron chi connectivity index (χ0n) is 17.3. The highest BCUT2D eigenvalue weighted by Gasteiger charge is 2.33. The van der Waals surface area contributed by atoms with Crippen LogP contribution in [0, 0.1) is 0 Å². The zero-order valence-corrected chi connectivity index (χ0v) is 18.1. The Balaban J connectivity index is 1.63. The highest BCUT2D eigenvalue weighted by atomic mass is 32.2. The number of alkyl halides is 6. The molecule has 2 aromatic carbocycles. The molecular formula is C20H19F6N3O4S. The van der Waals surface area contributed by atoms with E-state index in [1.807, 2.05) is 9.62 Å². The van der Waals surface area contributed by atoms with Crippen molar-refractivity contribution in [3.05, 3.63) is 59.2 Å². The third-order valence-electron chi connectivity index (χ3n) is 5.00. The molecule has 3 rings (SSSR count). The van der Waals surface area contributed by atoms with E-state index < -0.39 is 46.7 Å². The van der Waals surface area contributed by atoms with Gasteiger partial charge in [-0.3, -0.25) is 19.0 Å². The molecule has 1 aliphatic heterocycles. The van der Waals surface area contributed by atoms with Gasteiger partial charge in [-0.15, -0.1) is 13.2 Å². The number of benzene rings is 2. The van der Waals surface area contributed by atoms with Crippen molar-refractivity contribution >= 4 is 22.9 Å². The molecular weight excluding hydrogens is 492 g/mol. The van der Waals surface area contributed by atoms with Gasteiger partial charge in [0.2, 0.25) is 0 Å². The second-order valence-corrected chi connectivity index (χ2v) is 8.08. The molecule has 14 heteroatoms. The number of amides is 1. The third kappa shape index (κ3) is 7.08. The number of carbonyl (C=O) groups excluding carboxylic acids is 1. The number of carbonyl (C=O) groups is 1. The maximum absolute atomic E-state index is 12.8. The van der Waals surface area contributed by atoms with Gasteiger partial charge >= 0.3 is 12.5 Å². The monoisotopic (exact) mass is 511 g/mol. The molecule has 0 aromatic heterocycles. The lowest BCUT2D eigenvalue weighted by Crippen LogP contribution is -2.48. The number of piperazine rings is 1. The van der Waals surface area contributed by atoms with Crippen LogP contribution in [0.5, 0.6) is 5.75 Å². The van der Waals surface area contributed by atoms with Crippen molar-refractivity contribution in [3.8, 4) is 5.75 Å². The first-order valence-electron chi connectivity index (χ1n) is 9.77. The first kappa shape index (κ1) is 25.8. The van der Waals surface area contributed by atoms with E-state index in [4.69, 9.17) is 4.55 Å².